The first-order valence-electron chi connectivity index (χ1n) is 9.97. The molecule has 3 heterocycles. The molecular weight excluding hydrogens is 394 g/mol. The van der Waals surface area contributed by atoms with Crippen molar-refractivity contribution in [3.63, 3.8) is 0 Å². The van der Waals surface area contributed by atoms with Gasteiger partial charge in [-0.25, -0.2) is 4.98 Å². The second-order valence-electron chi connectivity index (χ2n) is 7.82. The van der Waals surface area contributed by atoms with Gasteiger partial charge in [-0.1, -0.05) is 22.9 Å². The van der Waals surface area contributed by atoms with Crippen molar-refractivity contribution < 1.29 is 18.8 Å². The molecule has 1 amide bonds. The maximum absolute atomic E-state index is 13.4. The predicted molar refractivity (Wildman–Crippen MR) is 117 cm³/mol. The molecule has 1 N–H and O–H groups in total. The lowest BCUT2D eigenvalue weighted by Gasteiger charge is -2.13. The van der Waals surface area contributed by atoms with Crippen LogP contribution in [0.15, 0.2) is 40.9 Å². The van der Waals surface area contributed by atoms with Crippen molar-refractivity contribution in [3.05, 3.63) is 64.3 Å². The predicted octanol–water partition coefficient (Wildman–Crippen LogP) is 5.10. The highest BCUT2D eigenvalue weighted by atomic mass is 16.7. The minimum Gasteiger partial charge on any atom is -0.454 e. The van der Waals surface area contributed by atoms with Gasteiger partial charge in [-0.3, -0.25) is 4.79 Å². The Morgan fingerprint density at radius 1 is 0.968 bits per heavy atom. The van der Waals surface area contributed by atoms with Crippen molar-refractivity contribution in [2.45, 2.75) is 27.7 Å². The number of anilines is 1. The van der Waals surface area contributed by atoms with Crippen molar-refractivity contribution in [1.82, 2.24) is 10.1 Å². The van der Waals surface area contributed by atoms with Gasteiger partial charge in [-0.2, -0.15) is 0 Å². The van der Waals surface area contributed by atoms with Gasteiger partial charge in [0.25, 0.3) is 11.6 Å². The number of rotatable bonds is 3. The lowest BCUT2D eigenvalue weighted by Crippen LogP contribution is -2.15. The lowest BCUT2D eigenvalue weighted by atomic mass is 10.0. The number of nitrogens with zero attached hydrogens (tertiary/aromatic N) is 2. The van der Waals surface area contributed by atoms with Crippen LogP contribution in [0.5, 0.6) is 11.5 Å². The normalized spacial score (nSPS) is 12.4. The monoisotopic (exact) mass is 415 g/mol. The van der Waals surface area contributed by atoms with Crippen LogP contribution in [0.25, 0.3) is 22.4 Å². The Labute approximate surface area is 179 Å². The van der Waals surface area contributed by atoms with E-state index in [1.54, 1.807) is 6.07 Å². The van der Waals surface area contributed by atoms with E-state index in [9.17, 15) is 4.79 Å². The van der Waals surface area contributed by atoms with Crippen molar-refractivity contribution in [3.8, 4) is 22.8 Å². The number of amides is 1. The Morgan fingerprint density at radius 3 is 2.48 bits per heavy atom. The second kappa shape index (κ2) is 7.12. The summed E-state index contributed by atoms with van der Waals surface area (Å²) in [6.45, 7) is 8.01. The summed E-state index contributed by atoms with van der Waals surface area (Å²) in [6, 6.07) is 11.4. The Balaban J connectivity index is 1.62. The van der Waals surface area contributed by atoms with E-state index in [1.807, 2.05) is 58.0 Å². The van der Waals surface area contributed by atoms with Crippen molar-refractivity contribution in [2.24, 2.45) is 0 Å². The molecule has 0 unspecified atom stereocenters. The topological polar surface area (TPSA) is 86.5 Å². The number of ether oxygens (including phenoxy) is 2. The SMILES string of the molecule is Cc1cc(C)c(NC(=O)c2cc(C)nc3onc(-c4ccc5c(c4)OCO5)c23)c(C)c1. The number of aryl methyl sites for hydroxylation is 4. The first kappa shape index (κ1) is 19.1. The molecule has 0 saturated carbocycles. The molecule has 7 nitrogen and oxygen atoms in total. The minimum absolute atomic E-state index is 0.183. The van der Waals surface area contributed by atoms with E-state index in [0.29, 0.717) is 39.6 Å². The third-order valence-electron chi connectivity index (χ3n) is 5.38. The number of nitrogens with one attached hydrogen (secondary N) is 1. The molecule has 0 saturated heterocycles. The van der Waals surface area contributed by atoms with Crippen molar-refractivity contribution in [2.75, 3.05) is 12.1 Å². The fourth-order valence-corrected chi connectivity index (χ4v) is 4.05. The average molecular weight is 415 g/mol. The Bertz CT molecular complexity index is 1330. The molecule has 0 aliphatic carbocycles. The molecule has 1 aliphatic rings. The maximum Gasteiger partial charge on any atom is 0.259 e. The van der Waals surface area contributed by atoms with E-state index in [-0.39, 0.29) is 12.7 Å². The van der Waals surface area contributed by atoms with Crippen LogP contribution < -0.4 is 14.8 Å². The average Bonchev–Trinajstić information content (AvgIpc) is 3.35. The molecule has 7 heteroatoms. The Kier molecular flexibility index (Phi) is 4.39. The third-order valence-corrected chi connectivity index (χ3v) is 5.38. The van der Waals surface area contributed by atoms with E-state index in [4.69, 9.17) is 14.0 Å². The quantitative estimate of drug-likeness (QED) is 0.501. The molecule has 0 bridgehead atoms. The summed E-state index contributed by atoms with van der Waals surface area (Å²) in [5.41, 5.74) is 6.70. The van der Waals surface area contributed by atoms with Gasteiger partial charge in [0.15, 0.2) is 11.5 Å². The summed E-state index contributed by atoms with van der Waals surface area (Å²) in [5.74, 6) is 1.06. The van der Waals surface area contributed by atoms with Crippen LogP contribution in [0.4, 0.5) is 5.69 Å². The van der Waals surface area contributed by atoms with Crippen LogP contribution >= 0.6 is 0 Å². The first-order valence-corrected chi connectivity index (χ1v) is 9.97. The molecule has 0 fully saturated rings. The lowest BCUT2D eigenvalue weighted by molar-refractivity contribution is 0.102. The van der Waals surface area contributed by atoms with Gasteiger partial charge in [0.2, 0.25) is 6.79 Å². The van der Waals surface area contributed by atoms with Crippen molar-refractivity contribution in [1.29, 1.82) is 0 Å². The van der Waals surface area contributed by atoms with Crippen LogP contribution in [0.1, 0.15) is 32.7 Å². The number of carbonyl (C=O) groups is 1. The molecular formula is C24H21N3O4. The molecule has 1 aliphatic heterocycles. The molecule has 0 spiro atoms. The second-order valence-corrected chi connectivity index (χ2v) is 7.82. The highest BCUT2D eigenvalue weighted by molar-refractivity contribution is 6.15. The summed E-state index contributed by atoms with van der Waals surface area (Å²) < 4.78 is 16.4. The number of benzene rings is 2. The summed E-state index contributed by atoms with van der Waals surface area (Å²) in [6.07, 6.45) is 0. The van der Waals surface area contributed by atoms with E-state index in [0.717, 1.165) is 27.9 Å². The summed E-state index contributed by atoms with van der Waals surface area (Å²) in [5, 5.41) is 7.85. The zero-order valence-electron chi connectivity index (χ0n) is 17.7. The van der Waals surface area contributed by atoms with E-state index >= 15 is 0 Å². The number of fused-ring (bicyclic) bond motifs is 2. The van der Waals surface area contributed by atoms with Gasteiger partial charge < -0.3 is 19.3 Å². The molecule has 5 rings (SSSR count). The highest BCUT2D eigenvalue weighted by Gasteiger charge is 2.23. The van der Waals surface area contributed by atoms with Crippen LogP contribution in [-0.4, -0.2) is 22.8 Å². The standard InChI is InChI=1S/C24H21N3O4/c1-12-7-13(2)21(14(3)8-12)26-23(28)17-9-15(4)25-24-20(17)22(27-31-24)16-5-6-18-19(10-16)30-11-29-18/h5-10H,11H2,1-4H3,(H,26,28). The Hall–Kier alpha value is -3.87. The van der Waals surface area contributed by atoms with Gasteiger partial charge in [-0.05, 0) is 63.1 Å². The van der Waals surface area contributed by atoms with E-state index in [2.05, 4.69) is 15.5 Å². The summed E-state index contributed by atoms with van der Waals surface area (Å²) in [4.78, 5) is 17.8. The van der Waals surface area contributed by atoms with E-state index in [1.165, 1.54) is 0 Å². The zero-order valence-corrected chi connectivity index (χ0v) is 17.7. The van der Waals surface area contributed by atoms with Gasteiger partial charge >= 0.3 is 0 Å². The molecule has 2 aromatic carbocycles. The Morgan fingerprint density at radius 2 is 1.71 bits per heavy atom. The molecule has 31 heavy (non-hydrogen) atoms. The number of hydrogen-bond donors (Lipinski definition) is 1. The molecule has 156 valence electrons. The van der Waals surface area contributed by atoms with Crippen molar-refractivity contribution >= 4 is 22.7 Å². The van der Waals surface area contributed by atoms with Gasteiger partial charge in [0.1, 0.15) is 5.69 Å². The fraction of sp³-hybridized carbons (Fsp3) is 0.208. The van der Waals surface area contributed by atoms with Gasteiger partial charge in [0, 0.05) is 16.9 Å². The maximum atomic E-state index is 13.4. The number of hydrogen-bond acceptors (Lipinski definition) is 6. The number of carbonyl (C=O) groups excluding carboxylic acids is 1. The van der Waals surface area contributed by atoms with Crippen LogP contribution in [-0.2, 0) is 0 Å². The largest absolute Gasteiger partial charge is 0.454 e. The highest BCUT2D eigenvalue weighted by Crippen LogP contribution is 2.38. The van der Waals surface area contributed by atoms with Crippen LogP contribution in [0, 0.1) is 27.7 Å². The minimum atomic E-state index is -0.240. The smallest absolute Gasteiger partial charge is 0.259 e. The van der Waals surface area contributed by atoms with E-state index < -0.39 is 0 Å². The van der Waals surface area contributed by atoms with Gasteiger partial charge in [-0.15, -0.1) is 0 Å². The molecule has 0 atom stereocenters. The number of pyridine rings is 1. The summed E-state index contributed by atoms with van der Waals surface area (Å²) >= 11 is 0. The molecule has 2 aromatic heterocycles. The van der Waals surface area contributed by atoms with Gasteiger partial charge in [0.05, 0.1) is 10.9 Å². The molecule has 0 radical (unpaired) electrons. The summed E-state index contributed by atoms with van der Waals surface area (Å²) in [7, 11) is 0. The number of aromatic nitrogens is 2. The fourth-order valence-electron chi connectivity index (χ4n) is 4.05. The zero-order chi connectivity index (χ0) is 21.7. The third kappa shape index (κ3) is 3.28. The molecule has 4 aromatic rings. The first-order chi connectivity index (χ1) is 14.9. The van der Waals surface area contributed by atoms with Crippen LogP contribution in [0.2, 0.25) is 0 Å². The van der Waals surface area contributed by atoms with Crippen LogP contribution in [0.3, 0.4) is 0 Å².